The van der Waals surface area contributed by atoms with Crippen molar-refractivity contribution in [1.29, 1.82) is 0 Å². The van der Waals surface area contributed by atoms with Crippen LogP contribution in [-0.4, -0.2) is 45.4 Å². The van der Waals surface area contributed by atoms with E-state index in [2.05, 4.69) is 0 Å². The zero-order valence-electron chi connectivity index (χ0n) is 11.7. The van der Waals surface area contributed by atoms with Gasteiger partial charge in [0.05, 0.1) is 20.8 Å². The van der Waals surface area contributed by atoms with Gasteiger partial charge in [-0.05, 0) is 24.7 Å². The summed E-state index contributed by atoms with van der Waals surface area (Å²) in [5, 5.41) is 0. The number of hydrogen-bond acceptors (Lipinski definition) is 4. The standard InChI is InChI=1S/C13H19F3N2O2/c1-18(8-13(14,15)16)7-10(17)9-4-5-11(19-2)12(6-9)20-3/h4-6,10H,7-8,17H2,1-3H3. The van der Waals surface area contributed by atoms with Crippen LogP contribution in [0.3, 0.4) is 0 Å². The lowest BCUT2D eigenvalue weighted by Crippen LogP contribution is -2.36. The highest BCUT2D eigenvalue weighted by Crippen LogP contribution is 2.29. The van der Waals surface area contributed by atoms with Gasteiger partial charge in [-0.2, -0.15) is 13.2 Å². The van der Waals surface area contributed by atoms with Crippen LogP contribution in [0.25, 0.3) is 0 Å². The van der Waals surface area contributed by atoms with E-state index in [1.807, 2.05) is 0 Å². The lowest BCUT2D eigenvalue weighted by Gasteiger charge is -2.23. The third-order valence-electron chi connectivity index (χ3n) is 2.79. The first-order valence-electron chi connectivity index (χ1n) is 5.99. The Morgan fingerprint density at radius 1 is 1.20 bits per heavy atom. The fourth-order valence-corrected chi connectivity index (χ4v) is 1.90. The van der Waals surface area contributed by atoms with E-state index < -0.39 is 18.8 Å². The van der Waals surface area contributed by atoms with Crippen LogP contribution < -0.4 is 15.2 Å². The summed E-state index contributed by atoms with van der Waals surface area (Å²) in [6.07, 6.45) is -4.23. The number of hydrogen-bond donors (Lipinski definition) is 1. The summed E-state index contributed by atoms with van der Waals surface area (Å²) >= 11 is 0. The number of alkyl halides is 3. The van der Waals surface area contributed by atoms with Crippen molar-refractivity contribution in [3.05, 3.63) is 23.8 Å². The minimum atomic E-state index is -4.23. The molecule has 0 amide bonds. The topological polar surface area (TPSA) is 47.7 Å². The van der Waals surface area contributed by atoms with Crippen LogP contribution in [0.2, 0.25) is 0 Å². The van der Waals surface area contributed by atoms with Crippen LogP contribution in [0.4, 0.5) is 13.2 Å². The van der Waals surface area contributed by atoms with Crippen molar-refractivity contribution in [2.75, 3.05) is 34.4 Å². The van der Waals surface area contributed by atoms with Crippen molar-refractivity contribution in [3.8, 4) is 11.5 Å². The summed E-state index contributed by atoms with van der Waals surface area (Å²) in [5.74, 6) is 1.05. The summed E-state index contributed by atoms with van der Waals surface area (Å²) in [7, 11) is 4.38. The Hall–Kier alpha value is -1.47. The summed E-state index contributed by atoms with van der Waals surface area (Å²) in [6, 6.07) is 4.53. The van der Waals surface area contributed by atoms with Crippen LogP contribution >= 0.6 is 0 Å². The number of methoxy groups -OCH3 is 2. The molecule has 1 aromatic carbocycles. The maximum Gasteiger partial charge on any atom is 0.401 e. The largest absolute Gasteiger partial charge is 0.493 e. The molecule has 20 heavy (non-hydrogen) atoms. The molecule has 0 spiro atoms. The van der Waals surface area contributed by atoms with Gasteiger partial charge in [-0.1, -0.05) is 6.07 Å². The Labute approximate surface area is 116 Å². The molecule has 1 unspecified atom stereocenters. The molecular formula is C13H19F3N2O2. The fourth-order valence-electron chi connectivity index (χ4n) is 1.90. The van der Waals surface area contributed by atoms with Crippen LogP contribution in [0, 0.1) is 0 Å². The van der Waals surface area contributed by atoms with Gasteiger partial charge < -0.3 is 15.2 Å². The van der Waals surface area contributed by atoms with Crippen molar-refractivity contribution < 1.29 is 22.6 Å². The van der Waals surface area contributed by atoms with E-state index in [-0.39, 0.29) is 6.54 Å². The summed E-state index contributed by atoms with van der Waals surface area (Å²) < 4.78 is 47.0. The number of ether oxygens (including phenoxy) is 2. The Kier molecular flexibility index (Phi) is 5.64. The second-order valence-corrected chi connectivity index (χ2v) is 4.53. The van der Waals surface area contributed by atoms with Gasteiger partial charge in [-0.3, -0.25) is 4.90 Å². The average molecular weight is 292 g/mol. The second-order valence-electron chi connectivity index (χ2n) is 4.53. The monoisotopic (exact) mass is 292 g/mol. The van der Waals surface area contributed by atoms with Crippen LogP contribution in [0.5, 0.6) is 11.5 Å². The third-order valence-corrected chi connectivity index (χ3v) is 2.79. The van der Waals surface area contributed by atoms with E-state index in [0.29, 0.717) is 17.1 Å². The molecule has 0 saturated heterocycles. The normalized spacial score (nSPS) is 13.4. The maximum atomic E-state index is 12.3. The van der Waals surface area contributed by atoms with E-state index in [1.54, 1.807) is 18.2 Å². The summed E-state index contributed by atoms with van der Waals surface area (Å²) in [4.78, 5) is 1.14. The van der Waals surface area contributed by atoms with Crippen molar-refractivity contribution in [3.63, 3.8) is 0 Å². The number of rotatable bonds is 6. The predicted molar refractivity (Wildman–Crippen MR) is 70.0 cm³/mol. The molecule has 114 valence electrons. The Morgan fingerprint density at radius 2 is 1.80 bits per heavy atom. The van der Waals surface area contributed by atoms with Gasteiger partial charge in [0, 0.05) is 12.6 Å². The summed E-state index contributed by atoms with van der Waals surface area (Å²) in [6.45, 7) is -0.900. The molecular weight excluding hydrogens is 273 g/mol. The first-order valence-corrected chi connectivity index (χ1v) is 5.99. The first-order chi connectivity index (χ1) is 9.26. The molecule has 0 aliphatic rings. The lowest BCUT2D eigenvalue weighted by atomic mass is 10.1. The molecule has 1 rings (SSSR count). The van der Waals surface area contributed by atoms with Crippen LogP contribution in [0.1, 0.15) is 11.6 Å². The van der Waals surface area contributed by atoms with E-state index in [0.717, 1.165) is 4.90 Å². The van der Waals surface area contributed by atoms with Gasteiger partial charge in [-0.25, -0.2) is 0 Å². The fraction of sp³-hybridized carbons (Fsp3) is 0.538. The molecule has 1 aromatic rings. The number of benzene rings is 1. The molecule has 0 aromatic heterocycles. The molecule has 0 aliphatic carbocycles. The minimum Gasteiger partial charge on any atom is -0.493 e. The molecule has 0 bridgehead atoms. The Morgan fingerprint density at radius 3 is 2.30 bits per heavy atom. The maximum absolute atomic E-state index is 12.3. The highest BCUT2D eigenvalue weighted by Gasteiger charge is 2.29. The van der Waals surface area contributed by atoms with Crippen molar-refractivity contribution in [1.82, 2.24) is 4.90 Å². The smallest absolute Gasteiger partial charge is 0.401 e. The molecule has 1 atom stereocenters. The predicted octanol–water partition coefficient (Wildman–Crippen LogP) is 2.20. The number of nitrogens with two attached hydrogens (primary N) is 1. The molecule has 0 radical (unpaired) electrons. The molecule has 0 fully saturated rings. The van der Waals surface area contributed by atoms with E-state index in [4.69, 9.17) is 15.2 Å². The van der Waals surface area contributed by atoms with E-state index >= 15 is 0 Å². The zero-order chi connectivity index (χ0) is 15.3. The second kappa shape index (κ2) is 6.81. The van der Waals surface area contributed by atoms with Crippen molar-refractivity contribution in [2.24, 2.45) is 5.73 Å². The Balaban J connectivity index is 2.74. The Bertz CT molecular complexity index is 438. The molecule has 7 heteroatoms. The van der Waals surface area contributed by atoms with Gasteiger partial charge in [0.15, 0.2) is 11.5 Å². The molecule has 0 heterocycles. The quantitative estimate of drug-likeness (QED) is 0.873. The highest BCUT2D eigenvalue weighted by atomic mass is 19.4. The third kappa shape index (κ3) is 4.90. The lowest BCUT2D eigenvalue weighted by molar-refractivity contribution is -0.143. The highest BCUT2D eigenvalue weighted by molar-refractivity contribution is 5.43. The van der Waals surface area contributed by atoms with E-state index in [1.165, 1.54) is 21.3 Å². The van der Waals surface area contributed by atoms with Gasteiger partial charge in [0.25, 0.3) is 0 Å². The molecule has 0 aliphatic heterocycles. The first kappa shape index (κ1) is 16.6. The molecule has 4 nitrogen and oxygen atoms in total. The van der Waals surface area contributed by atoms with Gasteiger partial charge >= 0.3 is 6.18 Å². The van der Waals surface area contributed by atoms with E-state index in [9.17, 15) is 13.2 Å². The number of halogens is 3. The van der Waals surface area contributed by atoms with Gasteiger partial charge in [0.2, 0.25) is 0 Å². The van der Waals surface area contributed by atoms with Crippen molar-refractivity contribution in [2.45, 2.75) is 12.2 Å². The molecule has 0 saturated carbocycles. The van der Waals surface area contributed by atoms with Gasteiger partial charge in [-0.15, -0.1) is 0 Å². The SMILES string of the molecule is COc1ccc(C(N)CN(C)CC(F)(F)F)cc1OC. The zero-order valence-corrected chi connectivity index (χ0v) is 11.7. The number of likely N-dealkylation sites (N-methyl/N-ethyl adjacent to an activating group) is 1. The summed E-state index contributed by atoms with van der Waals surface area (Å²) in [5.41, 5.74) is 6.62. The molecule has 2 N–H and O–H groups in total. The van der Waals surface area contributed by atoms with Crippen molar-refractivity contribution >= 4 is 0 Å². The van der Waals surface area contributed by atoms with Gasteiger partial charge in [0.1, 0.15) is 0 Å². The van der Waals surface area contributed by atoms with Crippen LogP contribution in [0.15, 0.2) is 18.2 Å². The van der Waals surface area contributed by atoms with Crippen LogP contribution in [-0.2, 0) is 0 Å². The average Bonchev–Trinajstić information content (AvgIpc) is 2.35. The number of nitrogens with zero attached hydrogens (tertiary/aromatic N) is 1. The minimum absolute atomic E-state index is 0.0923.